The van der Waals surface area contributed by atoms with Crippen molar-refractivity contribution < 1.29 is 22.7 Å². The number of rotatable bonds is 13. The summed E-state index contributed by atoms with van der Waals surface area (Å²) in [5.74, 6) is 0.855. The lowest BCUT2D eigenvalue weighted by Crippen LogP contribution is -2.33. The van der Waals surface area contributed by atoms with Gasteiger partial charge in [-0.05, 0) is 60.9 Å². The Kier molecular flexibility index (Phi) is 10.4. The molecule has 0 radical (unpaired) electrons. The first kappa shape index (κ1) is 26.4. The van der Waals surface area contributed by atoms with E-state index in [0.717, 1.165) is 31.2 Å². The van der Waals surface area contributed by atoms with Gasteiger partial charge in [0.25, 0.3) is 0 Å². The van der Waals surface area contributed by atoms with Gasteiger partial charge in [0.2, 0.25) is 15.9 Å². The maximum Gasteiger partial charge on any atom is 0.248 e. The standard InChI is InChI=1S/C25H34N2O5S/c1-5-7-17-27(18-8-6-2)33(29,30)22-13-11-21(12-14-22)26-25(28)16-10-20-9-15-23(31-3)24(19-20)32-4/h9-16,19H,5-8,17-18H2,1-4H3,(H,26,28)/b16-10+. The van der Waals surface area contributed by atoms with Crippen LogP contribution in [-0.4, -0.2) is 45.9 Å². The van der Waals surface area contributed by atoms with Gasteiger partial charge in [-0.3, -0.25) is 4.79 Å². The topological polar surface area (TPSA) is 84.9 Å². The van der Waals surface area contributed by atoms with Crippen molar-refractivity contribution in [2.24, 2.45) is 0 Å². The fourth-order valence-corrected chi connectivity index (χ4v) is 4.71. The average Bonchev–Trinajstić information content (AvgIpc) is 2.82. The maximum atomic E-state index is 13.0. The first-order valence-corrected chi connectivity index (χ1v) is 12.6. The number of methoxy groups -OCH3 is 2. The zero-order chi connectivity index (χ0) is 24.3. The molecule has 0 saturated heterocycles. The Morgan fingerprint density at radius 3 is 2.09 bits per heavy atom. The minimum atomic E-state index is -3.56. The number of benzene rings is 2. The van der Waals surface area contributed by atoms with Crippen LogP contribution in [0.5, 0.6) is 11.5 Å². The van der Waals surface area contributed by atoms with Crippen LogP contribution in [-0.2, 0) is 14.8 Å². The van der Waals surface area contributed by atoms with Crippen molar-refractivity contribution in [2.75, 3.05) is 32.6 Å². The van der Waals surface area contributed by atoms with E-state index in [4.69, 9.17) is 9.47 Å². The van der Waals surface area contributed by atoms with E-state index < -0.39 is 10.0 Å². The number of anilines is 1. The molecule has 33 heavy (non-hydrogen) atoms. The van der Waals surface area contributed by atoms with Crippen LogP contribution >= 0.6 is 0 Å². The Hall–Kier alpha value is -2.84. The number of carbonyl (C=O) groups excluding carboxylic acids is 1. The minimum absolute atomic E-state index is 0.230. The second-order valence-electron chi connectivity index (χ2n) is 7.57. The van der Waals surface area contributed by atoms with E-state index in [1.54, 1.807) is 48.9 Å². The fraction of sp³-hybridized carbons (Fsp3) is 0.400. The molecular weight excluding hydrogens is 440 g/mol. The monoisotopic (exact) mass is 474 g/mol. The van der Waals surface area contributed by atoms with Gasteiger partial charge in [0.15, 0.2) is 11.5 Å². The molecule has 0 aromatic heterocycles. The quantitative estimate of drug-likeness (QED) is 0.415. The van der Waals surface area contributed by atoms with Crippen LogP contribution in [0.2, 0.25) is 0 Å². The van der Waals surface area contributed by atoms with Gasteiger partial charge in [-0.25, -0.2) is 8.42 Å². The van der Waals surface area contributed by atoms with Crippen molar-refractivity contribution in [3.05, 3.63) is 54.1 Å². The summed E-state index contributed by atoms with van der Waals surface area (Å²) >= 11 is 0. The number of carbonyl (C=O) groups is 1. The van der Waals surface area contributed by atoms with Crippen molar-refractivity contribution in [3.8, 4) is 11.5 Å². The molecule has 8 heteroatoms. The van der Waals surface area contributed by atoms with Gasteiger partial charge < -0.3 is 14.8 Å². The lowest BCUT2D eigenvalue weighted by molar-refractivity contribution is -0.111. The van der Waals surface area contributed by atoms with Crippen LogP contribution in [0.4, 0.5) is 5.69 Å². The molecule has 0 fully saturated rings. The van der Waals surface area contributed by atoms with E-state index in [1.807, 2.05) is 19.9 Å². The highest BCUT2D eigenvalue weighted by atomic mass is 32.2. The molecule has 0 unspecified atom stereocenters. The fourth-order valence-electron chi connectivity index (χ4n) is 3.19. The second kappa shape index (κ2) is 13.0. The molecule has 7 nitrogen and oxygen atoms in total. The molecule has 2 aromatic carbocycles. The first-order chi connectivity index (χ1) is 15.8. The van der Waals surface area contributed by atoms with Crippen molar-refractivity contribution in [2.45, 2.75) is 44.4 Å². The lowest BCUT2D eigenvalue weighted by atomic mass is 10.2. The Labute approximate surface area is 197 Å². The molecule has 0 spiro atoms. The molecule has 0 aliphatic rings. The minimum Gasteiger partial charge on any atom is -0.493 e. The summed E-state index contributed by atoms with van der Waals surface area (Å²) in [6, 6.07) is 11.6. The highest BCUT2D eigenvalue weighted by Gasteiger charge is 2.23. The predicted molar refractivity (Wildman–Crippen MR) is 132 cm³/mol. The van der Waals surface area contributed by atoms with Crippen LogP contribution in [0.15, 0.2) is 53.4 Å². The molecule has 2 rings (SSSR count). The Morgan fingerprint density at radius 2 is 1.55 bits per heavy atom. The molecule has 0 bridgehead atoms. The molecule has 0 atom stereocenters. The van der Waals surface area contributed by atoms with Gasteiger partial charge in [0.1, 0.15) is 0 Å². The van der Waals surface area contributed by atoms with E-state index in [1.165, 1.54) is 18.2 Å². The summed E-state index contributed by atoms with van der Waals surface area (Å²) in [4.78, 5) is 12.5. The summed E-state index contributed by atoms with van der Waals surface area (Å²) in [7, 11) is -0.454. The molecule has 0 aliphatic heterocycles. The zero-order valence-corrected chi connectivity index (χ0v) is 20.7. The molecule has 180 valence electrons. The molecular formula is C25H34N2O5S. The highest BCUT2D eigenvalue weighted by molar-refractivity contribution is 7.89. The molecule has 0 saturated carbocycles. The van der Waals surface area contributed by atoms with Gasteiger partial charge in [0.05, 0.1) is 19.1 Å². The number of ether oxygens (including phenoxy) is 2. The third-order valence-electron chi connectivity index (χ3n) is 5.12. The summed E-state index contributed by atoms with van der Waals surface area (Å²) in [6.45, 7) is 5.11. The van der Waals surface area contributed by atoms with Crippen LogP contribution in [0.3, 0.4) is 0 Å². The average molecular weight is 475 g/mol. The summed E-state index contributed by atoms with van der Waals surface area (Å²) < 4.78 is 38.1. The number of hydrogen-bond donors (Lipinski definition) is 1. The van der Waals surface area contributed by atoms with E-state index in [0.29, 0.717) is 30.3 Å². The van der Waals surface area contributed by atoms with E-state index >= 15 is 0 Å². The maximum absolute atomic E-state index is 13.0. The van der Waals surface area contributed by atoms with Gasteiger partial charge in [-0.15, -0.1) is 0 Å². The second-order valence-corrected chi connectivity index (χ2v) is 9.51. The smallest absolute Gasteiger partial charge is 0.248 e. The van der Waals surface area contributed by atoms with Crippen molar-refractivity contribution >= 4 is 27.7 Å². The lowest BCUT2D eigenvalue weighted by Gasteiger charge is -2.22. The van der Waals surface area contributed by atoms with E-state index in [2.05, 4.69) is 5.32 Å². The van der Waals surface area contributed by atoms with Gasteiger partial charge in [0, 0.05) is 24.9 Å². The number of unbranched alkanes of at least 4 members (excludes halogenated alkanes) is 2. The molecule has 0 aliphatic carbocycles. The van der Waals surface area contributed by atoms with E-state index in [9.17, 15) is 13.2 Å². The molecule has 1 amide bonds. The number of amides is 1. The van der Waals surface area contributed by atoms with Crippen LogP contribution < -0.4 is 14.8 Å². The summed E-state index contributed by atoms with van der Waals surface area (Å²) in [6.07, 6.45) is 6.57. The Morgan fingerprint density at radius 1 is 0.939 bits per heavy atom. The Balaban J connectivity index is 2.07. The normalized spacial score (nSPS) is 11.7. The van der Waals surface area contributed by atoms with Gasteiger partial charge in [-0.1, -0.05) is 32.8 Å². The summed E-state index contributed by atoms with van der Waals surface area (Å²) in [5.41, 5.74) is 1.30. The van der Waals surface area contributed by atoms with Crippen LogP contribution in [0, 0.1) is 0 Å². The van der Waals surface area contributed by atoms with E-state index in [-0.39, 0.29) is 10.8 Å². The first-order valence-electron chi connectivity index (χ1n) is 11.2. The molecule has 2 aromatic rings. The third kappa shape index (κ3) is 7.61. The molecule has 1 N–H and O–H groups in total. The summed E-state index contributed by atoms with van der Waals surface area (Å²) in [5, 5.41) is 2.75. The van der Waals surface area contributed by atoms with Crippen molar-refractivity contribution in [1.29, 1.82) is 0 Å². The zero-order valence-electron chi connectivity index (χ0n) is 19.8. The third-order valence-corrected chi connectivity index (χ3v) is 7.03. The van der Waals surface area contributed by atoms with Crippen LogP contribution in [0.1, 0.15) is 45.1 Å². The number of nitrogens with zero attached hydrogens (tertiary/aromatic N) is 1. The predicted octanol–water partition coefficient (Wildman–Crippen LogP) is 4.95. The van der Waals surface area contributed by atoms with Crippen molar-refractivity contribution in [3.63, 3.8) is 0 Å². The molecule has 0 heterocycles. The number of sulfonamides is 1. The van der Waals surface area contributed by atoms with Crippen LogP contribution in [0.25, 0.3) is 6.08 Å². The Bertz CT molecular complexity index is 1030. The van der Waals surface area contributed by atoms with Crippen molar-refractivity contribution in [1.82, 2.24) is 4.31 Å². The van der Waals surface area contributed by atoms with Gasteiger partial charge in [-0.2, -0.15) is 4.31 Å². The number of hydrogen-bond acceptors (Lipinski definition) is 5. The SMILES string of the molecule is CCCCN(CCCC)S(=O)(=O)c1ccc(NC(=O)/C=C/c2ccc(OC)c(OC)c2)cc1. The van der Waals surface area contributed by atoms with Gasteiger partial charge >= 0.3 is 0 Å². The largest absolute Gasteiger partial charge is 0.493 e. The highest BCUT2D eigenvalue weighted by Crippen LogP contribution is 2.28. The number of nitrogens with one attached hydrogen (secondary N) is 1.